The zero-order valence-electron chi connectivity index (χ0n) is 9.45. The van der Waals surface area contributed by atoms with Gasteiger partial charge in [0.25, 0.3) is 5.89 Å². The summed E-state index contributed by atoms with van der Waals surface area (Å²) in [5.41, 5.74) is 7.81. The van der Waals surface area contributed by atoms with Crippen molar-refractivity contribution in [2.45, 2.75) is 0 Å². The number of nitrogens with zero attached hydrogens (tertiary/aromatic N) is 3. The van der Waals surface area contributed by atoms with E-state index in [0.717, 1.165) is 5.56 Å². The Labute approximate surface area is 103 Å². The van der Waals surface area contributed by atoms with E-state index in [4.69, 9.17) is 10.2 Å². The highest BCUT2D eigenvalue weighted by Crippen LogP contribution is 2.22. The smallest absolute Gasteiger partial charge is 0.266 e. The van der Waals surface area contributed by atoms with Gasteiger partial charge in [0.2, 0.25) is 5.89 Å². The zero-order chi connectivity index (χ0) is 12.4. The lowest BCUT2D eigenvalue weighted by Crippen LogP contribution is -1.83. The highest BCUT2D eigenvalue weighted by molar-refractivity contribution is 5.58. The Morgan fingerprint density at radius 3 is 2.39 bits per heavy atom. The molecule has 0 aliphatic heterocycles. The summed E-state index contributed by atoms with van der Waals surface area (Å²) in [5, 5.41) is 7.97. The molecule has 2 aromatic heterocycles. The molecule has 0 saturated carbocycles. The van der Waals surface area contributed by atoms with Crippen LogP contribution in [0.1, 0.15) is 0 Å². The van der Waals surface area contributed by atoms with Crippen LogP contribution in [0.2, 0.25) is 0 Å². The minimum Gasteiger partial charge on any atom is -0.415 e. The number of hydrogen-bond acceptors (Lipinski definition) is 5. The van der Waals surface area contributed by atoms with Gasteiger partial charge in [-0.15, -0.1) is 10.2 Å². The van der Waals surface area contributed by atoms with E-state index in [0.29, 0.717) is 23.2 Å². The molecule has 3 aromatic rings. The van der Waals surface area contributed by atoms with Gasteiger partial charge in [-0.1, -0.05) is 6.07 Å². The van der Waals surface area contributed by atoms with Gasteiger partial charge in [-0.2, -0.15) is 0 Å². The fraction of sp³-hybridized carbons (Fsp3) is 0. The number of pyridine rings is 1. The third kappa shape index (κ3) is 1.93. The van der Waals surface area contributed by atoms with E-state index in [-0.39, 0.29) is 0 Å². The number of anilines is 1. The average molecular weight is 238 g/mol. The van der Waals surface area contributed by atoms with Crippen molar-refractivity contribution in [2.24, 2.45) is 0 Å². The van der Waals surface area contributed by atoms with Crippen LogP contribution in [0.5, 0.6) is 0 Å². The maximum atomic E-state index is 5.62. The molecule has 1 aromatic carbocycles. The summed E-state index contributed by atoms with van der Waals surface area (Å²) >= 11 is 0. The summed E-state index contributed by atoms with van der Waals surface area (Å²) in [6, 6.07) is 12.8. The van der Waals surface area contributed by atoms with Crippen LogP contribution in [0.3, 0.4) is 0 Å². The maximum absolute atomic E-state index is 5.62. The first-order valence-electron chi connectivity index (χ1n) is 5.44. The minimum atomic E-state index is 0.405. The monoisotopic (exact) mass is 238 g/mol. The van der Waals surface area contributed by atoms with Crippen molar-refractivity contribution in [2.75, 3.05) is 5.73 Å². The van der Waals surface area contributed by atoms with Crippen molar-refractivity contribution in [3.63, 3.8) is 0 Å². The molecule has 0 spiro atoms. The molecular weight excluding hydrogens is 228 g/mol. The predicted octanol–water partition coefficient (Wildman–Crippen LogP) is 2.38. The molecule has 5 heteroatoms. The second-order valence-electron chi connectivity index (χ2n) is 3.75. The Morgan fingerprint density at radius 1 is 0.889 bits per heavy atom. The molecule has 0 aliphatic carbocycles. The predicted molar refractivity (Wildman–Crippen MR) is 67.4 cm³/mol. The molecule has 18 heavy (non-hydrogen) atoms. The topological polar surface area (TPSA) is 77.8 Å². The average Bonchev–Trinajstić information content (AvgIpc) is 2.90. The standard InChI is InChI=1S/C13H10N4O/c14-10-6-4-9(5-7-10)12-16-17-13(18-12)11-3-1-2-8-15-11/h1-8H,14H2. The van der Waals surface area contributed by atoms with Gasteiger partial charge in [-0.3, -0.25) is 4.98 Å². The van der Waals surface area contributed by atoms with E-state index < -0.39 is 0 Å². The SMILES string of the molecule is Nc1ccc(-c2nnc(-c3ccccn3)o2)cc1. The van der Waals surface area contributed by atoms with E-state index >= 15 is 0 Å². The van der Waals surface area contributed by atoms with Gasteiger partial charge in [0, 0.05) is 17.4 Å². The Kier molecular flexibility index (Phi) is 2.49. The summed E-state index contributed by atoms with van der Waals surface area (Å²) in [4.78, 5) is 4.15. The van der Waals surface area contributed by atoms with Crippen molar-refractivity contribution in [1.29, 1.82) is 0 Å². The van der Waals surface area contributed by atoms with Gasteiger partial charge >= 0.3 is 0 Å². The van der Waals surface area contributed by atoms with Gasteiger partial charge in [0.1, 0.15) is 5.69 Å². The van der Waals surface area contributed by atoms with E-state index in [1.54, 1.807) is 18.3 Å². The van der Waals surface area contributed by atoms with E-state index in [2.05, 4.69) is 15.2 Å². The molecule has 0 atom stereocenters. The molecule has 0 unspecified atom stereocenters. The van der Waals surface area contributed by atoms with Crippen molar-refractivity contribution in [3.05, 3.63) is 48.7 Å². The number of aromatic nitrogens is 3. The van der Waals surface area contributed by atoms with Crippen LogP contribution in [0.25, 0.3) is 23.0 Å². The Balaban J connectivity index is 1.97. The Bertz CT molecular complexity index is 646. The van der Waals surface area contributed by atoms with Crippen LogP contribution < -0.4 is 5.73 Å². The van der Waals surface area contributed by atoms with Gasteiger partial charge < -0.3 is 10.2 Å². The fourth-order valence-corrected chi connectivity index (χ4v) is 1.56. The molecule has 0 aliphatic rings. The minimum absolute atomic E-state index is 0.405. The van der Waals surface area contributed by atoms with E-state index in [1.165, 1.54) is 0 Å². The molecule has 2 heterocycles. The third-order valence-electron chi connectivity index (χ3n) is 2.47. The third-order valence-corrected chi connectivity index (χ3v) is 2.47. The lowest BCUT2D eigenvalue weighted by molar-refractivity contribution is 0.582. The quantitative estimate of drug-likeness (QED) is 0.693. The largest absolute Gasteiger partial charge is 0.415 e. The van der Waals surface area contributed by atoms with Gasteiger partial charge in [0.15, 0.2) is 0 Å². The molecule has 0 fully saturated rings. The van der Waals surface area contributed by atoms with Crippen LogP contribution in [-0.2, 0) is 0 Å². The molecule has 88 valence electrons. The van der Waals surface area contributed by atoms with E-state index in [1.807, 2.05) is 30.3 Å². The molecular formula is C13H10N4O. The Morgan fingerprint density at radius 2 is 1.67 bits per heavy atom. The van der Waals surface area contributed by atoms with Crippen LogP contribution in [-0.4, -0.2) is 15.2 Å². The zero-order valence-corrected chi connectivity index (χ0v) is 9.45. The Hall–Kier alpha value is -2.69. The lowest BCUT2D eigenvalue weighted by atomic mass is 10.2. The summed E-state index contributed by atoms with van der Waals surface area (Å²) in [6.07, 6.45) is 1.68. The fourth-order valence-electron chi connectivity index (χ4n) is 1.56. The second-order valence-corrected chi connectivity index (χ2v) is 3.75. The van der Waals surface area contributed by atoms with Crippen LogP contribution in [0.15, 0.2) is 53.1 Å². The number of benzene rings is 1. The highest BCUT2D eigenvalue weighted by Gasteiger charge is 2.10. The van der Waals surface area contributed by atoms with Crippen LogP contribution in [0, 0.1) is 0 Å². The summed E-state index contributed by atoms with van der Waals surface area (Å²) in [7, 11) is 0. The second kappa shape index (κ2) is 4.29. The first-order valence-corrected chi connectivity index (χ1v) is 5.44. The molecule has 0 amide bonds. The molecule has 0 radical (unpaired) electrons. The van der Waals surface area contributed by atoms with Crippen molar-refractivity contribution < 1.29 is 4.42 Å². The van der Waals surface area contributed by atoms with Crippen molar-refractivity contribution in [3.8, 4) is 23.0 Å². The number of nitrogens with two attached hydrogens (primary N) is 1. The molecule has 0 bridgehead atoms. The summed E-state index contributed by atoms with van der Waals surface area (Å²) in [5.74, 6) is 0.859. The molecule has 3 rings (SSSR count). The number of rotatable bonds is 2. The van der Waals surface area contributed by atoms with Crippen molar-refractivity contribution >= 4 is 5.69 Å². The first kappa shape index (κ1) is 10.5. The molecule has 0 saturated heterocycles. The van der Waals surface area contributed by atoms with Gasteiger partial charge in [0.05, 0.1) is 0 Å². The first-order chi connectivity index (χ1) is 8.83. The van der Waals surface area contributed by atoms with Gasteiger partial charge in [-0.25, -0.2) is 0 Å². The van der Waals surface area contributed by atoms with Crippen LogP contribution >= 0.6 is 0 Å². The summed E-state index contributed by atoms with van der Waals surface area (Å²) < 4.78 is 5.57. The van der Waals surface area contributed by atoms with Crippen molar-refractivity contribution in [1.82, 2.24) is 15.2 Å². The van der Waals surface area contributed by atoms with Gasteiger partial charge in [-0.05, 0) is 36.4 Å². The van der Waals surface area contributed by atoms with Crippen LogP contribution in [0.4, 0.5) is 5.69 Å². The maximum Gasteiger partial charge on any atom is 0.266 e. The number of hydrogen-bond donors (Lipinski definition) is 1. The van der Waals surface area contributed by atoms with E-state index in [9.17, 15) is 0 Å². The summed E-state index contributed by atoms with van der Waals surface area (Å²) in [6.45, 7) is 0. The molecule has 5 nitrogen and oxygen atoms in total. The number of nitrogen functional groups attached to an aromatic ring is 1. The highest BCUT2D eigenvalue weighted by atomic mass is 16.4. The molecule has 2 N–H and O–H groups in total. The lowest BCUT2D eigenvalue weighted by Gasteiger charge is -1.95. The normalized spacial score (nSPS) is 10.4.